The lowest BCUT2D eigenvalue weighted by atomic mass is 10.0. The van der Waals surface area contributed by atoms with E-state index in [1.54, 1.807) is 42.5 Å². The molecule has 27 heavy (non-hydrogen) atoms. The maximum atomic E-state index is 13.2. The Bertz CT molecular complexity index is 1040. The Labute approximate surface area is 159 Å². The zero-order valence-electron chi connectivity index (χ0n) is 13.9. The molecule has 1 aromatic heterocycles. The van der Waals surface area contributed by atoms with Gasteiger partial charge in [0.2, 0.25) is 0 Å². The molecule has 134 valence electrons. The van der Waals surface area contributed by atoms with Crippen molar-refractivity contribution in [2.45, 2.75) is 6.17 Å². The summed E-state index contributed by atoms with van der Waals surface area (Å²) < 4.78 is 0. The quantitative estimate of drug-likeness (QED) is 0.537. The Morgan fingerprint density at radius 2 is 1.93 bits per heavy atom. The van der Waals surface area contributed by atoms with E-state index in [1.165, 1.54) is 23.2 Å². The highest BCUT2D eigenvalue weighted by molar-refractivity contribution is 6.30. The maximum absolute atomic E-state index is 13.2. The van der Waals surface area contributed by atoms with Crippen LogP contribution in [0, 0.1) is 10.1 Å². The van der Waals surface area contributed by atoms with E-state index in [-0.39, 0.29) is 11.6 Å². The van der Waals surface area contributed by atoms with Crippen LogP contribution in [0.25, 0.3) is 0 Å². The normalized spacial score (nSPS) is 15.8. The predicted octanol–water partition coefficient (Wildman–Crippen LogP) is 4.41. The van der Waals surface area contributed by atoms with Crippen molar-refractivity contribution < 1.29 is 9.72 Å². The van der Waals surface area contributed by atoms with Crippen LogP contribution in [0.4, 0.5) is 17.2 Å². The molecule has 0 saturated carbocycles. The van der Waals surface area contributed by atoms with Gasteiger partial charge in [0.15, 0.2) is 0 Å². The van der Waals surface area contributed by atoms with Gasteiger partial charge in [0.1, 0.15) is 12.0 Å². The van der Waals surface area contributed by atoms with Gasteiger partial charge in [-0.2, -0.15) is 0 Å². The highest BCUT2D eigenvalue weighted by atomic mass is 35.5. The summed E-state index contributed by atoms with van der Waals surface area (Å²) in [6.45, 7) is 0. The first-order valence-corrected chi connectivity index (χ1v) is 8.47. The van der Waals surface area contributed by atoms with E-state index in [0.29, 0.717) is 27.7 Å². The number of para-hydroxylation sites is 1. The van der Waals surface area contributed by atoms with Crippen molar-refractivity contribution in [2.75, 3.05) is 10.2 Å². The molecule has 1 aliphatic rings. The molecule has 0 aliphatic carbocycles. The SMILES string of the molecule is O=C1c2ccccc2N[C@@H](c2cccc([N+](=O)[O-])c2)N1c1ccc(Cl)cn1. The van der Waals surface area contributed by atoms with Gasteiger partial charge in [-0.1, -0.05) is 35.9 Å². The van der Waals surface area contributed by atoms with Crippen LogP contribution in [0.5, 0.6) is 0 Å². The first kappa shape index (κ1) is 17.0. The minimum Gasteiger partial charge on any atom is -0.360 e. The average Bonchev–Trinajstić information content (AvgIpc) is 2.69. The first-order valence-electron chi connectivity index (χ1n) is 8.09. The number of aromatic nitrogens is 1. The number of nitro groups is 1. The van der Waals surface area contributed by atoms with Crippen molar-refractivity contribution >= 4 is 34.7 Å². The van der Waals surface area contributed by atoms with Gasteiger partial charge < -0.3 is 5.32 Å². The van der Waals surface area contributed by atoms with Gasteiger partial charge in [-0.15, -0.1) is 0 Å². The van der Waals surface area contributed by atoms with E-state index in [1.807, 2.05) is 6.07 Å². The number of hydrogen-bond donors (Lipinski definition) is 1. The van der Waals surface area contributed by atoms with Gasteiger partial charge >= 0.3 is 0 Å². The van der Waals surface area contributed by atoms with E-state index >= 15 is 0 Å². The molecule has 8 heteroatoms. The van der Waals surface area contributed by atoms with Crippen molar-refractivity contribution in [3.8, 4) is 0 Å². The summed E-state index contributed by atoms with van der Waals surface area (Å²) in [5.74, 6) is 0.138. The molecule has 1 amide bonds. The maximum Gasteiger partial charge on any atom is 0.269 e. The Kier molecular flexibility index (Phi) is 4.21. The summed E-state index contributed by atoms with van der Waals surface area (Å²) in [5, 5.41) is 14.9. The standard InChI is InChI=1S/C19H13ClN4O3/c20-13-8-9-17(21-11-13)23-18(12-4-3-5-14(10-12)24(26)27)22-16-7-2-1-6-15(16)19(23)25/h1-11,18,22H/t18-/m1/s1. The molecule has 7 nitrogen and oxygen atoms in total. The molecule has 1 atom stereocenters. The molecule has 2 aromatic carbocycles. The van der Waals surface area contributed by atoms with Gasteiger partial charge in [-0.25, -0.2) is 4.98 Å². The number of benzene rings is 2. The van der Waals surface area contributed by atoms with Crippen molar-refractivity contribution in [1.82, 2.24) is 4.98 Å². The molecule has 0 saturated heterocycles. The van der Waals surface area contributed by atoms with E-state index in [0.717, 1.165) is 0 Å². The second-order valence-electron chi connectivity index (χ2n) is 5.95. The number of rotatable bonds is 3. The zero-order chi connectivity index (χ0) is 19.0. The Balaban J connectivity index is 1.86. The number of pyridine rings is 1. The Morgan fingerprint density at radius 3 is 2.67 bits per heavy atom. The van der Waals surface area contributed by atoms with E-state index in [2.05, 4.69) is 10.3 Å². The zero-order valence-corrected chi connectivity index (χ0v) is 14.6. The third-order valence-electron chi connectivity index (χ3n) is 4.28. The van der Waals surface area contributed by atoms with Crippen LogP contribution in [0.2, 0.25) is 5.02 Å². The molecule has 0 fully saturated rings. The highest BCUT2D eigenvalue weighted by Crippen LogP contribution is 2.36. The second kappa shape index (κ2) is 6.69. The number of fused-ring (bicyclic) bond motifs is 1. The van der Waals surface area contributed by atoms with Gasteiger partial charge in [0.05, 0.1) is 15.5 Å². The minimum absolute atomic E-state index is 0.0513. The molecular formula is C19H13ClN4O3. The fraction of sp³-hybridized carbons (Fsp3) is 0.0526. The third kappa shape index (κ3) is 3.09. The Hall–Kier alpha value is -3.45. The molecule has 0 radical (unpaired) electrons. The molecular weight excluding hydrogens is 368 g/mol. The third-order valence-corrected chi connectivity index (χ3v) is 4.51. The summed E-state index contributed by atoms with van der Waals surface area (Å²) in [6, 6.07) is 16.6. The predicted molar refractivity (Wildman–Crippen MR) is 102 cm³/mol. The summed E-state index contributed by atoms with van der Waals surface area (Å²) in [6.07, 6.45) is 0.802. The highest BCUT2D eigenvalue weighted by Gasteiger charge is 2.35. The van der Waals surface area contributed by atoms with Crippen LogP contribution < -0.4 is 10.2 Å². The number of nitro benzene ring substituents is 1. The summed E-state index contributed by atoms with van der Waals surface area (Å²) in [7, 11) is 0. The lowest BCUT2D eigenvalue weighted by molar-refractivity contribution is -0.384. The molecule has 3 aromatic rings. The number of nitrogens with one attached hydrogen (secondary N) is 1. The Morgan fingerprint density at radius 1 is 1.11 bits per heavy atom. The van der Waals surface area contributed by atoms with Crippen LogP contribution >= 0.6 is 11.6 Å². The molecule has 0 unspecified atom stereocenters. The van der Waals surface area contributed by atoms with E-state index < -0.39 is 11.1 Å². The van der Waals surface area contributed by atoms with Gasteiger partial charge in [-0.05, 0) is 24.3 Å². The molecule has 1 aliphatic heterocycles. The summed E-state index contributed by atoms with van der Waals surface area (Å²) in [5.41, 5.74) is 1.67. The van der Waals surface area contributed by atoms with Crippen LogP contribution in [0.15, 0.2) is 66.9 Å². The number of amides is 1. The minimum atomic E-state index is -0.652. The van der Waals surface area contributed by atoms with Crippen molar-refractivity contribution in [3.63, 3.8) is 0 Å². The fourth-order valence-electron chi connectivity index (χ4n) is 3.04. The topological polar surface area (TPSA) is 88.4 Å². The number of nitrogens with zero attached hydrogens (tertiary/aromatic N) is 3. The largest absolute Gasteiger partial charge is 0.360 e. The molecule has 2 heterocycles. The van der Waals surface area contributed by atoms with E-state index in [9.17, 15) is 14.9 Å². The van der Waals surface area contributed by atoms with Crippen LogP contribution in [-0.2, 0) is 0 Å². The molecule has 0 bridgehead atoms. The number of hydrogen-bond acceptors (Lipinski definition) is 5. The van der Waals surface area contributed by atoms with Crippen LogP contribution in [0.3, 0.4) is 0 Å². The average molecular weight is 381 g/mol. The lowest BCUT2D eigenvalue weighted by Gasteiger charge is -2.37. The smallest absolute Gasteiger partial charge is 0.269 e. The molecule has 0 spiro atoms. The first-order chi connectivity index (χ1) is 13.0. The molecule has 4 rings (SSSR count). The van der Waals surface area contributed by atoms with Crippen molar-refractivity contribution in [2.24, 2.45) is 0 Å². The fourth-order valence-corrected chi connectivity index (χ4v) is 3.15. The van der Waals surface area contributed by atoms with Crippen LogP contribution in [-0.4, -0.2) is 15.8 Å². The summed E-state index contributed by atoms with van der Waals surface area (Å²) in [4.78, 5) is 29.6. The monoisotopic (exact) mass is 380 g/mol. The number of halogens is 1. The van der Waals surface area contributed by atoms with Crippen molar-refractivity contribution in [3.05, 3.63) is 93.1 Å². The summed E-state index contributed by atoms with van der Waals surface area (Å²) >= 11 is 5.92. The van der Waals surface area contributed by atoms with Gasteiger partial charge in [-0.3, -0.25) is 19.8 Å². The lowest BCUT2D eigenvalue weighted by Crippen LogP contribution is -2.43. The second-order valence-corrected chi connectivity index (χ2v) is 6.39. The number of carbonyl (C=O) groups is 1. The van der Waals surface area contributed by atoms with E-state index in [4.69, 9.17) is 11.6 Å². The molecule has 1 N–H and O–H groups in total. The number of anilines is 2. The van der Waals surface area contributed by atoms with Crippen molar-refractivity contribution in [1.29, 1.82) is 0 Å². The van der Waals surface area contributed by atoms with Gasteiger partial charge in [0, 0.05) is 29.6 Å². The van der Waals surface area contributed by atoms with Gasteiger partial charge in [0.25, 0.3) is 11.6 Å². The number of carbonyl (C=O) groups excluding carboxylic acids is 1. The number of non-ortho nitro benzene ring substituents is 1. The van der Waals surface area contributed by atoms with Crippen LogP contribution in [0.1, 0.15) is 22.1 Å².